The zero-order chi connectivity index (χ0) is 11.5. The molecule has 1 aromatic rings. The predicted molar refractivity (Wildman–Crippen MR) is 63.7 cm³/mol. The van der Waals surface area contributed by atoms with Crippen molar-refractivity contribution in [1.82, 2.24) is 10.2 Å². The Balaban J connectivity index is 1.97. The number of aliphatic hydroxyl groups excluding tert-OH is 1. The van der Waals surface area contributed by atoms with E-state index < -0.39 is 6.10 Å². The van der Waals surface area contributed by atoms with Crippen LogP contribution in [0.3, 0.4) is 0 Å². The minimum Gasteiger partial charge on any atom is -0.388 e. The molecule has 1 atom stereocenters. The van der Waals surface area contributed by atoms with Crippen LogP contribution in [0.25, 0.3) is 0 Å². The summed E-state index contributed by atoms with van der Waals surface area (Å²) < 4.78 is 0. The molecule has 0 bridgehead atoms. The molecule has 4 nitrogen and oxygen atoms in total. The van der Waals surface area contributed by atoms with E-state index >= 15 is 0 Å². The molecular formula is C12H21N3O. The van der Waals surface area contributed by atoms with E-state index in [0.29, 0.717) is 11.7 Å². The van der Waals surface area contributed by atoms with E-state index in [4.69, 9.17) is 5.73 Å². The van der Waals surface area contributed by atoms with Crippen molar-refractivity contribution in [2.24, 2.45) is 11.8 Å². The number of aliphatic hydroxyl groups is 1. The van der Waals surface area contributed by atoms with Gasteiger partial charge in [0.15, 0.2) is 0 Å². The van der Waals surface area contributed by atoms with Crippen LogP contribution in [0.15, 0.2) is 6.20 Å². The number of aromatic amines is 1. The minimum atomic E-state index is -0.448. The highest BCUT2D eigenvalue weighted by Gasteiger charge is 2.28. The number of H-pyrrole nitrogens is 1. The molecule has 90 valence electrons. The highest BCUT2D eigenvalue weighted by molar-refractivity contribution is 5.38. The summed E-state index contributed by atoms with van der Waals surface area (Å²) in [6, 6.07) is 0. The number of nitrogens with one attached hydrogen (secondary N) is 1. The van der Waals surface area contributed by atoms with Crippen LogP contribution in [0.2, 0.25) is 0 Å². The number of rotatable bonds is 3. The summed E-state index contributed by atoms with van der Waals surface area (Å²) >= 11 is 0. The van der Waals surface area contributed by atoms with Gasteiger partial charge in [-0.05, 0) is 24.7 Å². The highest BCUT2D eigenvalue weighted by atomic mass is 16.3. The first kappa shape index (κ1) is 11.5. The Morgan fingerprint density at radius 2 is 2.19 bits per heavy atom. The van der Waals surface area contributed by atoms with Crippen LogP contribution in [0.1, 0.15) is 50.7 Å². The third-order valence-corrected chi connectivity index (χ3v) is 3.93. The van der Waals surface area contributed by atoms with Gasteiger partial charge >= 0.3 is 0 Å². The summed E-state index contributed by atoms with van der Waals surface area (Å²) in [7, 11) is 0. The first-order valence-corrected chi connectivity index (χ1v) is 6.19. The third kappa shape index (κ3) is 2.21. The van der Waals surface area contributed by atoms with Crippen molar-refractivity contribution in [3.63, 3.8) is 0 Å². The SMILES string of the molecule is CCC1CCC(C(O)c2cn[nH]c2N)CC1. The second-order valence-corrected chi connectivity index (χ2v) is 4.87. The van der Waals surface area contributed by atoms with Crippen molar-refractivity contribution in [2.45, 2.75) is 45.1 Å². The fourth-order valence-electron chi connectivity index (χ4n) is 2.71. The van der Waals surface area contributed by atoms with Crippen LogP contribution in [-0.4, -0.2) is 15.3 Å². The minimum absolute atomic E-state index is 0.350. The second-order valence-electron chi connectivity index (χ2n) is 4.87. The van der Waals surface area contributed by atoms with Crippen molar-refractivity contribution >= 4 is 5.82 Å². The van der Waals surface area contributed by atoms with E-state index in [2.05, 4.69) is 17.1 Å². The van der Waals surface area contributed by atoms with Gasteiger partial charge in [-0.3, -0.25) is 5.10 Å². The molecule has 16 heavy (non-hydrogen) atoms. The van der Waals surface area contributed by atoms with Crippen molar-refractivity contribution in [3.05, 3.63) is 11.8 Å². The zero-order valence-corrected chi connectivity index (χ0v) is 9.82. The van der Waals surface area contributed by atoms with E-state index in [9.17, 15) is 5.11 Å². The van der Waals surface area contributed by atoms with Gasteiger partial charge in [0.2, 0.25) is 0 Å². The number of nitrogens with zero attached hydrogens (tertiary/aromatic N) is 1. The lowest BCUT2D eigenvalue weighted by molar-refractivity contribution is 0.0735. The topological polar surface area (TPSA) is 74.9 Å². The number of hydrogen-bond donors (Lipinski definition) is 3. The summed E-state index contributed by atoms with van der Waals surface area (Å²) in [5, 5.41) is 16.8. The molecule has 0 aromatic carbocycles. The lowest BCUT2D eigenvalue weighted by atomic mass is 9.77. The van der Waals surface area contributed by atoms with Crippen molar-refractivity contribution in [1.29, 1.82) is 0 Å². The standard InChI is InChI=1S/C12H21N3O/c1-2-8-3-5-9(6-4-8)11(16)10-7-14-15-12(10)13/h7-9,11,16H,2-6H2,1H3,(H3,13,14,15). The van der Waals surface area contributed by atoms with Gasteiger partial charge in [0.25, 0.3) is 0 Å². The molecule has 2 rings (SSSR count). The Hall–Kier alpha value is -1.03. The molecule has 0 saturated heterocycles. The maximum atomic E-state index is 10.2. The lowest BCUT2D eigenvalue weighted by Crippen LogP contribution is -2.20. The largest absolute Gasteiger partial charge is 0.388 e. The van der Waals surface area contributed by atoms with Gasteiger partial charge in [-0.25, -0.2) is 0 Å². The molecule has 1 saturated carbocycles. The van der Waals surface area contributed by atoms with Gasteiger partial charge in [-0.1, -0.05) is 26.2 Å². The molecule has 0 spiro atoms. The molecular weight excluding hydrogens is 202 g/mol. The van der Waals surface area contributed by atoms with Crippen LogP contribution in [0, 0.1) is 11.8 Å². The fourth-order valence-corrected chi connectivity index (χ4v) is 2.71. The van der Waals surface area contributed by atoms with Crippen LogP contribution in [0.4, 0.5) is 5.82 Å². The number of aromatic nitrogens is 2. The quantitative estimate of drug-likeness (QED) is 0.735. The van der Waals surface area contributed by atoms with Gasteiger partial charge in [-0.2, -0.15) is 5.10 Å². The summed E-state index contributed by atoms with van der Waals surface area (Å²) in [6.07, 6.45) is 7.12. The van der Waals surface area contributed by atoms with Gasteiger partial charge < -0.3 is 10.8 Å². The normalized spacial score (nSPS) is 27.9. The number of anilines is 1. The van der Waals surface area contributed by atoms with E-state index in [0.717, 1.165) is 24.3 Å². The van der Waals surface area contributed by atoms with Crippen LogP contribution in [0.5, 0.6) is 0 Å². The molecule has 4 heteroatoms. The summed E-state index contributed by atoms with van der Waals surface area (Å²) in [5.41, 5.74) is 6.49. The van der Waals surface area contributed by atoms with E-state index in [1.807, 2.05) is 0 Å². The zero-order valence-electron chi connectivity index (χ0n) is 9.82. The Morgan fingerprint density at radius 3 is 2.69 bits per heavy atom. The molecule has 1 aliphatic rings. The number of nitrogen functional groups attached to an aromatic ring is 1. The van der Waals surface area contributed by atoms with Crippen LogP contribution >= 0.6 is 0 Å². The van der Waals surface area contributed by atoms with Crippen LogP contribution < -0.4 is 5.73 Å². The Morgan fingerprint density at radius 1 is 1.50 bits per heavy atom. The molecule has 0 aliphatic heterocycles. The first-order valence-electron chi connectivity index (χ1n) is 6.19. The van der Waals surface area contributed by atoms with Crippen molar-refractivity contribution in [2.75, 3.05) is 5.73 Å². The first-order chi connectivity index (χ1) is 7.72. The second kappa shape index (κ2) is 4.87. The number of hydrogen-bond acceptors (Lipinski definition) is 3. The number of nitrogens with two attached hydrogens (primary N) is 1. The fraction of sp³-hybridized carbons (Fsp3) is 0.750. The summed E-state index contributed by atoms with van der Waals surface area (Å²) in [6.45, 7) is 2.25. The molecule has 0 amide bonds. The maximum absolute atomic E-state index is 10.2. The summed E-state index contributed by atoms with van der Waals surface area (Å²) in [5.74, 6) is 1.71. The predicted octanol–water partition coefficient (Wildman–Crippen LogP) is 2.24. The van der Waals surface area contributed by atoms with Gasteiger partial charge in [0, 0.05) is 5.56 Å². The smallest absolute Gasteiger partial charge is 0.124 e. The van der Waals surface area contributed by atoms with Gasteiger partial charge in [0.05, 0.1) is 12.3 Å². The van der Waals surface area contributed by atoms with Gasteiger partial charge in [-0.15, -0.1) is 0 Å². The van der Waals surface area contributed by atoms with Gasteiger partial charge in [0.1, 0.15) is 5.82 Å². The average Bonchev–Trinajstić information content (AvgIpc) is 2.75. The average molecular weight is 223 g/mol. The van der Waals surface area contributed by atoms with E-state index in [-0.39, 0.29) is 0 Å². The maximum Gasteiger partial charge on any atom is 0.124 e. The third-order valence-electron chi connectivity index (χ3n) is 3.93. The molecule has 1 heterocycles. The molecule has 1 fully saturated rings. The Labute approximate surface area is 96.2 Å². The monoisotopic (exact) mass is 223 g/mol. The molecule has 4 N–H and O–H groups in total. The highest BCUT2D eigenvalue weighted by Crippen LogP contribution is 2.38. The van der Waals surface area contributed by atoms with Crippen molar-refractivity contribution < 1.29 is 5.11 Å². The lowest BCUT2D eigenvalue weighted by Gasteiger charge is -2.30. The van der Waals surface area contributed by atoms with E-state index in [1.165, 1.54) is 19.3 Å². The van der Waals surface area contributed by atoms with Crippen LogP contribution in [-0.2, 0) is 0 Å². The van der Waals surface area contributed by atoms with Crippen molar-refractivity contribution in [3.8, 4) is 0 Å². The Kier molecular flexibility index (Phi) is 3.49. The molecule has 1 unspecified atom stereocenters. The Bertz CT molecular complexity index is 329. The summed E-state index contributed by atoms with van der Waals surface area (Å²) in [4.78, 5) is 0. The molecule has 0 radical (unpaired) electrons. The molecule has 1 aliphatic carbocycles. The molecule has 1 aromatic heterocycles. The van der Waals surface area contributed by atoms with E-state index in [1.54, 1.807) is 6.20 Å².